The van der Waals surface area contributed by atoms with E-state index in [9.17, 15) is 8.42 Å². The third-order valence-corrected chi connectivity index (χ3v) is 4.42. The summed E-state index contributed by atoms with van der Waals surface area (Å²) in [6, 6.07) is 4.69. The molecular weight excluding hydrogens is 266 g/mol. The lowest BCUT2D eigenvalue weighted by Gasteiger charge is -2.20. The summed E-state index contributed by atoms with van der Waals surface area (Å²) in [6.07, 6.45) is 5.75. The third-order valence-electron chi connectivity index (χ3n) is 2.60. The lowest BCUT2D eigenvalue weighted by Crippen LogP contribution is -2.28. The van der Waals surface area contributed by atoms with E-state index in [1.54, 1.807) is 12.1 Å². The Hall–Kier alpha value is -2.19. The highest BCUT2D eigenvalue weighted by Crippen LogP contribution is 2.25. The minimum absolute atomic E-state index is 0.0109. The molecule has 19 heavy (non-hydrogen) atoms. The van der Waals surface area contributed by atoms with Gasteiger partial charge in [-0.3, -0.25) is 20.1 Å². The number of aromatic nitrogens is 2. The molecule has 2 aromatic heterocycles. The molecule has 0 aliphatic heterocycles. The highest BCUT2D eigenvalue weighted by molar-refractivity contribution is 7.93. The minimum Gasteiger partial charge on any atom is -0.323 e. The van der Waals surface area contributed by atoms with Gasteiger partial charge in [-0.15, -0.1) is 0 Å². The lowest BCUT2D eigenvalue weighted by molar-refractivity contribution is 0.594. The predicted octanol–water partition coefficient (Wildman–Crippen LogP) is 0.587. The van der Waals surface area contributed by atoms with Crippen LogP contribution in [0.15, 0.2) is 47.9 Å². The first-order valence-corrected chi connectivity index (χ1v) is 6.81. The van der Waals surface area contributed by atoms with Gasteiger partial charge < -0.3 is 5.43 Å². The second kappa shape index (κ2) is 5.21. The highest BCUT2D eigenvalue weighted by Gasteiger charge is 2.24. The van der Waals surface area contributed by atoms with Gasteiger partial charge in [0.25, 0.3) is 10.0 Å². The van der Waals surface area contributed by atoms with E-state index in [1.807, 2.05) is 0 Å². The van der Waals surface area contributed by atoms with Gasteiger partial charge in [-0.25, -0.2) is 8.42 Å². The summed E-state index contributed by atoms with van der Waals surface area (Å²) < 4.78 is 26.1. The number of nitrogens with one attached hydrogen (secondary N) is 1. The van der Waals surface area contributed by atoms with Crippen LogP contribution in [0.3, 0.4) is 0 Å². The molecule has 0 amide bonds. The van der Waals surface area contributed by atoms with Crippen LogP contribution in [0.4, 0.5) is 11.4 Å². The van der Waals surface area contributed by atoms with Crippen LogP contribution in [0.25, 0.3) is 0 Å². The van der Waals surface area contributed by atoms with Crippen LogP contribution in [0.1, 0.15) is 0 Å². The van der Waals surface area contributed by atoms with E-state index >= 15 is 0 Å². The maximum absolute atomic E-state index is 12.5. The predicted molar refractivity (Wildman–Crippen MR) is 71.9 cm³/mol. The Balaban J connectivity index is 2.48. The number of hydrogen-bond donors (Lipinski definition) is 2. The molecule has 0 aromatic carbocycles. The zero-order valence-corrected chi connectivity index (χ0v) is 11.0. The average Bonchev–Trinajstić information content (AvgIpc) is 2.47. The summed E-state index contributed by atoms with van der Waals surface area (Å²) in [5.74, 6) is 5.32. The molecule has 0 saturated carbocycles. The topological polar surface area (TPSA) is 101 Å². The fourth-order valence-electron chi connectivity index (χ4n) is 1.55. The first kappa shape index (κ1) is 13.2. The van der Waals surface area contributed by atoms with Crippen LogP contribution in [-0.4, -0.2) is 25.4 Å². The maximum Gasteiger partial charge on any atom is 0.267 e. The van der Waals surface area contributed by atoms with Crippen LogP contribution in [0.2, 0.25) is 0 Å². The van der Waals surface area contributed by atoms with Crippen molar-refractivity contribution in [3.05, 3.63) is 43.0 Å². The molecule has 7 nitrogen and oxygen atoms in total. The number of nitrogen functional groups attached to an aromatic ring is 1. The molecule has 2 rings (SSSR count). The zero-order valence-electron chi connectivity index (χ0n) is 10.2. The fraction of sp³-hybridized carbons (Fsp3) is 0.0909. The van der Waals surface area contributed by atoms with Crippen molar-refractivity contribution in [1.82, 2.24) is 9.97 Å². The van der Waals surface area contributed by atoms with Gasteiger partial charge in [0.2, 0.25) is 0 Å². The summed E-state index contributed by atoms with van der Waals surface area (Å²) in [4.78, 5) is 7.68. The summed E-state index contributed by atoms with van der Waals surface area (Å²) >= 11 is 0. The van der Waals surface area contributed by atoms with Gasteiger partial charge in [-0.05, 0) is 18.2 Å². The van der Waals surface area contributed by atoms with Crippen molar-refractivity contribution in [1.29, 1.82) is 0 Å². The molecule has 8 heteroatoms. The zero-order chi connectivity index (χ0) is 13.9. The van der Waals surface area contributed by atoms with Gasteiger partial charge in [-0.1, -0.05) is 0 Å². The number of hydrogen-bond acceptors (Lipinski definition) is 6. The molecule has 2 heterocycles. The normalized spacial score (nSPS) is 11.1. The quantitative estimate of drug-likeness (QED) is 0.627. The van der Waals surface area contributed by atoms with Crippen molar-refractivity contribution < 1.29 is 8.42 Å². The van der Waals surface area contributed by atoms with Crippen LogP contribution in [0.5, 0.6) is 0 Å². The molecule has 0 spiro atoms. The van der Waals surface area contributed by atoms with Crippen molar-refractivity contribution in [2.45, 2.75) is 4.90 Å². The minimum atomic E-state index is -3.73. The fourth-order valence-corrected chi connectivity index (χ4v) is 2.84. The highest BCUT2D eigenvalue weighted by atomic mass is 32.2. The lowest BCUT2D eigenvalue weighted by atomic mass is 10.4. The second-order valence-corrected chi connectivity index (χ2v) is 5.63. The Labute approximate surface area is 111 Å². The van der Waals surface area contributed by atoms with Crippen LogP contribution in [0, 0.1) is 0 Å². The van der Waals surface area contributed by atoms with Gasteiger partial charge in [0.15, 0.2) is 0 Å². The number of nitrogens with zero attached hydrogens (tertiary/aromatic N) is 3. The smallest absolute Gasteiger partial charge is 0.267 e. The monoisotopic (exact) mass is 279 g/mol. The SMILES string of the molecule is CN(c1ccncc1)S(=O)(=O)c1cnccc1NN. The van der Waals surface area contributed by atoms with Crippen LogP contribution >= 0.6 is 0 Å². The number of hydrazine groups is 1. The van der Waals surface area contributed by atoms with Crippen LogP contribution in [-0.2, 0) is 10.0 Å². The Bertz CT molecular complexity index is 660. The molecule has 0 radical (unpaired) electrons. The second-order valence-electron chi connectivity index (χ2n) is 3.69. The van der Waals surface area contributed by atoms with E-state index < -0.39 is 10.0 Å². The van der Waals surface area contributed by atoms with Crippen molar-refractivity contribution in [3.63, 3.8) is 0 Å². The van der Waals surface area contributed by atoms with Gasteiger partial charge in [0.05, 0.1) is 11.4 Å². The van der Waals surface area contributed by atoms with E-state index in [2.05, 4.69) is 15.4 Å². The van der Waals surface area contributed by atoms with E-state index in [0.717, 1.165) is 4.31 Å². The van der Waals surface area contributed by atoms with E-state index in [4.69, 9.17) is 5.84 Å². The molecule has 0 aliphatic carbocycles. The van der Waals surface area contributed by atoms with Crippen molar-refractivity contribution >= 4 is 21.4 Å². The Kier molecular flexibility index (Phi) is 3.63. The largest absolute Gasteiger partial charge is 0.323 e. The summed E-state index contributed by atoms with van der Waals surface area (Å²) in [5, 5.41) is 0. The van der Waals surface area contributed by atoms with Gasteiger partial charge in [-0.2, -0.15) is 0 Å². The van der Waals surface area contributed by atoms with Crippen molar-refractivity contribution in [2.75, 3.05) is 16.8 Å². The van der Waals surface area contributed by atoms with Crippen molar-refractivity contribution in [3.8, 4) is 0 Å². The standard InChI is InChI=1S/C11H13N5O2S/c1-16(9-2-5-13-6-3-9)19(17,18)11-8-14-7-4-10(11)15-12/h2-8H,12H2,1H3,(H,14,15). The Morgan fingerprint density at radius 3 is 2.42 bits per heavy atom. The Morgan fingerprint density at radius 1 is 1.16 bits per heavy atom. The van der Waals surface area contributed by atoms with E-state index in [0.29, 0.717) is 5.69 Å². The summed E-state index contributed by atoms with van der Waals surface area (Å²) in [5.41, 5.74) is 3.14. The molecule has 0 fully saturated rings. The molecular formula is C11H13N5O2S. The number of anilines is 2. The summed E-state index contributed by atoms with van der Waals surface area (Å²) in [7, 11) is -2.28. The Morgan fingerprint density at radius 2 is 1.79 bits per heavy atom. The third kappa shape index (κ3) is 2.49. The summed E-state index contributed by atoms with van der Waals surface area (Å²) in [6.45, 7) is 0. The van der Waals surface area contributed by atoms with E-state index in [1.165, 1.54) is 37.9 Å². The average molecular weight is 279 g/mol. The molecule has 0 atom stereocenters. The first-order chi connectivity index (χ1) is 9.07. The first-order valence-electron chi connectivity index (χ1n) is 5.37. The number of nitrogens with two attached hydrogens (primary N) is 1. The van der Waals surface area contributed by atoms with Gasteiger partial charge >= 0.3 is 0 Å². The molecule has 0 saturated heterocycles. The number of rotatable bonds is 4. The van der Waals surface area contributed by atoms with E-state index in [-0.39, 0.29) is 10.6 Å². The number of sulfonamides is 1. The van der Waals surface area contributed by atoms with Crippen molar-refractivity contribution in [2.24, 2.45) is 5.84 Å². The molecule has 0 bridgehead atoms. The molecule has 2 aromatic rings. The molecule has 100 valence electrons. The molecule has 0 aliphatic rings. The number of pyridine rings is 2. The van der Waals surface area contributed by atoms with Gasteiger partial charge in [0.1, 0.15) is 4.90 Å². The van der Waals surface area contributed by atoms with Gasteiger partial charge in [0, 0.05) is 31.8 Å². The molecule has 0 unspecified atom stereocenters. The molecule has 3 N–H and O–H groups in total. The van der Waals surface area contributed by atoms with Crippen LogP contribution < -0.4 is 15.6 Å². The maximum atomic E-state index is 12.5.